The van der Waals surface area contributed by atoms with Crippen LogP contribution in [0.3, 0.4) is 0 Å². The van der Waals surface area contributed by atoms with E-state index in [4.69, 9.17) is 9.84 Å². The average Bonchev–Trinajstić information content (AvgIpc) is 2.43. The van der Waals surface area contributed by atoms with Gasteiger partial charge >= 0.3 is 5.97 Å². The monoisotopic (exact) mass is 202 g/mol. The normalized spacial score (nSPS) is 34.4. The molecule has 0 amide bonds. The van der Waals surface area contributed by atoms with Gasteiger partial charge in [-0.05, 0) is 13.3 Å². The van der Waals surface area contributed by atoms with E-state index in [9.17, 15) is 9.90 Å². The van der Waals surface area contributed by atoms with E-state index in [1.165, 1.54) is 0 Å². The summed E-state index contributed by atoms with van der Waals surface area (Å²) in [6, 6.07) is 0. The fourth-order valence-corrected chi connectivity index (χ4v) is 2.08. The maximum absolute atomic E-state index is 11.0. The van der Waals surface area contributed by atoms with Crippen LogP contribution in [0.4, 0.5) is 0 Å². The van der Waals surface area contributed by atoms with Gasteiger partial charge in [-0.15, -0.1) is 0 Å². The van der Waals surface area contributed by atoms with Gasteiger partial charge in [-0.1, -0.05) is 13.3 Å². The van der Waals surface area contributed by atoms with Crippen LogP contribution in [0.25, 0.3) is 0 Å². The molecule has 2 N–H and O–H groups in total. The molecule has 1 rings (SSSR count). The summed E-state index contributed by atoms with van der Waals surface area (Å²) in [7, 11) is 0. The van der Waals surface area contributed by atoms with Crippen LogP contribution in [0.1, 0.15) is 33.1 Å². The molecule has 1 heterocycles. The van der Waals surface area contributed by atoms with Crippen molar-refractivity contribution in [1.82, 2.24) is 0 Å². The van der Waals surface area contributed by atoms with Crippen molar-refractivity contribution in [3.63, 3.8) is 0 Å². The van der Waals surface area contributed by atoms with Gasteiger partial charge < -0.3 is 14.9 Å². The lowest BCUT2D eigenvalue weighted by Crippen LogP contribution is -2.47. The SMILES string of the molecule is CCCC(C(=O)O)C1(O)CCOC1C. The van der Waals surface area contributed by atoms with Crippen molar-refractivity contribution in [2.45, 2.75) is 44.8 Å². The van der Waals surface area contributed by atoms with E-state index in [-0.39, 0.29) is 6.10 Å². The number of carboxylic acid groups (broad SMARTS) is 1. The van der Waals surface area contributed by atoms with Gasteiger partial charge in [0, 0.05) is 13.0 Å². The molecule has 0 aromatic carbocycles. The minimum absolute atomic E-state index is 0.379. The van der Waals surface area contributed by atoms with Crippen molar-refractivity contribution < 1.29 is 19.7 Å². The minimum atomic E-state index is -1.18. The Bertz CT molecular complexity index is 216. The first-order chi connectivity index (χ1) is 6.52. The first kappa shape index (κ1) is 11.5. The Kier molecular flexibility index (Phi) is 3.50. The maximum atomic E-state index is 11.0. The Morgan fingerprint density at radius 3 is 2.71 bits per heavy atom. The fraction of sp³-hybridized carbons (Fsp3) is 0.900. The lowest BCUT2D eigenvalue weighted by Gasteiger charge is -2.32. The van der Waals surface area contributed by atoms with Crippen LogP contribution in [-0.2, 0) is 9.53 Å². The molecule has 1 saturated heterocycles. The van der Waals surface area contributed by atoms with Crippen LogP contribution >= 0.6 is 0 Å². The number of ether oxygens (including phenoxy) is 1. The molecule has 3 atom stereocenters. The van der Waals surface area contributed by atoms with E-state index in [1.807, 2.05) is 6.92 Å². The highest BCUT2D eigenvalue weighted by Gasteiger charge is 2.48. The van der Waals surface area contributed by atoms with Gasteiger partial charge in [0.2, 0.25) is 0 Å². The molecule has 82 valence electrons. The zero-order chi connectivity index (χ0) is 10.8. The van der Waals surface area contributed by atoms with E-state index in [1.54, 1.807) is 6.92 Å². The molecule has 1 aliphatic rings. The number of carbonyl (C=O) groups is 1. The van der Waals surface area contributed by atoms with Gasteiger partial charge in [-0.3, -0.25) is 4.79 Å². The number of rotatable bonds is 4. The summed E-state index contributed by atoms with van der Waals surface area (Å²) >= 11 is 0. The van der Waals surface area contributed by atoms with Gasteiger partial charge in [0.15, 0.2) is 0 Å². The molecular weight excluding hydrogens is 184 g/mol. The number of hydrogen-bond donors (Lipinski definition) is 2. The van der Waals surface area contributed by atoms with Crippen LogP contribution in [0.2, 0.25) is 0 Å². The van der Waals surface area contributed by atoms with Crippen LogP contribution in [-0.4, -0.2) is 34.5 Å². The topological polar surface area (TPSA) is 66.8 Å². The minimum Gasteiger partial charge on any atom is -0.481 e. The van der Waals surface area contributed by atoms with Crippen LogP contribution in [0.5, 0.6) is 0 Å². The molecule has 3 unspecified atom stereocenters. The molecule has 0 aliphatic carbocycles. The fourth-order valence-electron chi connectivity index (χ4n) is 2.08. The summed E-state index contributed by atoms with van der Waals surface area (Å²) in [5, 5.41) is 19.2. The summed E-state index contributed by atoms with van der Waals surface area (Å²) in [4.78, 5) is 11.0. The number of aliphatic hydroxyl groups is 1. The third-order valence-corrected chi connectivity index (χ3v) is 3.05. The molecule has 0 aromatic rings. The first-order valence-corrected chi connectivity index (χ1v) is 5.09. The molecule has 1 fully saturated rings. The van der Waals surface area contributed by atoms with E-state index in [2.05, 4.69) is 0 Å². The molecule has 4 nitrogen and oxygen atoms in total. The molecule has 4 heteroatoms. The number of carboxylic acids is 1. The van der Waals surface area contributed by atoms with E-state index >= 15 is 0 Å². The van der Waals surface area contributed by atoms with Crippen molar-refractivity contribution in [2.24, 2.45) is 5.92 Å². The largest absolute Gasteiger partial charge is 0.481 e. The third-order valence-electron chi connectivity index (χ3n) is 3.05. The van der Waals surface area contributed by atoms with Crippen LogP contribution in [0, 0.1) is 5.92 Å². The number of aliphatic carboxylic acids is 1. The van der Waals surface area contributed by atoms with Crippen molar-refractivity contribution in [2.75, 3.05) is 6.61 Å². The second kappa shape index (κ2) is 4.28. The molecule has 1 aliphatic heterocycles. The maximum Gasteiger partial charge on any atom is 0.309 e. The summed E-state index contributed by atoms with van der Waals surface area (Å²) in [5.41, 5.74) is -1.18. The van der Waals surface area contributed by atoms with Crippen LogP contribution < -0.4 is 0 Å². The smallest absolute Gasteiger partial charge is 0.309 e. The molecule has 0 spiro atoms. The van der Waals surface area contributed by atoms with Gasteiger partial charge in [-0.2, -0.15) is 0 Å². The van der Waals surface area contributed by atoms with Gasteiger partial charge in [0.05, 0.1) is 12.0 Å². The molecule has 14 heavy (non-hydrogen) atoms. The predicted molar refractivity (Wildman–Crippen MR) is 51.0 cm³/mol. The average molecular weight is 202 g/mol. The third kappa shape index (κ3) is 1.91. The van der Waals surface area contributed by atoms with Crippen LogP contribution in [0.15, 0.2) is 0 Å². The zero-order valence-electron chi connectivity index (χ0n) is 8.69. The molecule has 0 bridgehead atoms. The van der Waals surface area contributed by atoms with E-state index in [0.29, 0.717) is 19.4 Å². The Hall–Kier alpha value is -0.610. The summed E-state index contributed by atoms with van der Waals surface area (Å²) in [5.74, 6) is -1.63. The van der Waals surface area contributed by atoms with Crippen molar-refractivity contribution >= 4 is 5.97 Å². The molecular formula is C10H18O4. The van der Waals surface area contributed by atoms with Crippen molar-refractivity contribution in [3.8, 4) is 0 Å². The van der Waals surface area contributed by atoms with Crippen molar-refractivity contribution in [3.05, 3.63) is 0 Å². The molecule has 0 radical (unpaired) electrons. The van der Waals surface area contributed by atoms with Gasteiger partial charge in [0.1, 0.15) is 5.60 Å². The quantitative estimate of drug-likeness (QED) is 0.714. The van der Waals surface area contributed by atoms with E-state index in [0.717, 1.165) is 6.42 Å². The van der Waals surface area contributed by atoms with Gasteiger partial charge in [-0.25, -0.2) is 0 Å². The second-order valence-corrected chi connectivity index (χ2v) is 3.93. The summed E-state index contributed by atoms with van der Waals surface area (Å²) < 4.78 is 5.23. The second-order valence-electron chi connectivity index (χ2n) is 3.93. The Labute approximate surface area is 83.9 Å². The van der Waals surface area contributed by atoms with Gasteiger partial charge in [0.25, 0.3) is 0 Å². The first-order valence-electron chi connectivity index (χ1n) is 5.09. The summed E-state index contributed by atoms with van der Waals surface area (Å²) in [6.45, 7) is 4.10. The highest BCUT2D eigenvalue weighted by atomic mass is 16.5. The lowest BCUT2D eigenvalue weighted by molar-refractivity contribution is -0.157. The Morgan fingerprint density at radius 1 is 1.71 bits per heavy atom. The Morgan fingerprint density at radius 2 is 2.36 bits per heavy atom. The zero-order valence-corrected chi connectivity index (χ0v) is 8.69. The predicted octanol–water partition coefficient (Wildman–Crippen LogP) is 1.03. The highest BCUT2D eigenvalue weighted by molar-refractivity contribution is 5.71. The Balaban J connectivity index is 2.80. The highest BCUT2D eigenvalue weighted by Crippen LogP contribution is 2.35. The van der Waals surface area contributed by atoms with Crippen molar-refractivity contribution in [1.29, 1.82) is 0 Å². The lowest BCUT2D eigenvalue weighted by atomic mass is 9.80. The number of hydrogen-bond acceptors (Lipinski definition) is 3. The molecule has 0 saturated carbocycles. The standard InChI is InChI=1S/C10H18O4/c1-3-4-8(9(11)12)10(13)5-6-14-7(10)2/h7-8,13H,3-6H2,1-2H3,(H,11,12). The summed E-state index contributed by atoms with van der Waals surface area (Å²) in [6.07, 6.45) is 1.30. The van der Waals surface area contributed by atoms with E-state index < -0.39 is 17.5 Å². The molecule has 0 aromatic heterocycles.